The van der Waals surface area contributed by atoms with Crippen LogP contribution in [0.1, 0.15) is 42.6 Å². The minimum atomic E-state index is -0.486. The highest BCUT2D eigenvalue weighted by atomic mass is 16.2. The van der Waals surface area contributed by atoms with Gasteiger partial charge in [0.15, 0.2) is 0 Å². The van der Waals surface area contributed by atoms with E-state index in [0.717, 1.165) is 46.5 Å². The fourth-order valence-corrected chi connectivity index (χ4v) is 5.16. The van der Waals surface area contributed by atoms with Gasteiger partial charge in [-0.2, -0.15) is 5.21 Å². The number of aromatic nitrogens is 4. The van der Waals surface area contributed by atoms with Gasteiger partial charge >= 0.3 is 0 Å². The second-order valence-corrected chi connectivity index (χ2v) is 9.69. The lowest BCUT2D eigenvalue weighted by Crippen LogP contribution is -2.54. The van der Waals surface area contributed by atoms with Gasteiger partial charge in [0.2, 0.25) is 11.7 Å². The number of anilines is 1. The minimum absolute atomic E-state index is 0.0338. The first-order valence-electron chi connectivity index (χ1n) is 13.0. The number of nitrogens with zero attached hydrogens (tertiary/aromatic N) is 5. The number of hydrogen-bond acceptors (Lipinski definition) is 6. The van der Waals surface area contributed by atoms with Gasteiger partial charge in [0.05, 0.1) is 0 Å². The Balaban J connectivity index is 1.50. The zero-order valence-corrected chi connectivity index (χ0v) is 22.3. The molecule has 39 heavy (non-hydrogen) atoms. The van der Waals surface area contributed by atoms with E-state index in [9.17, 15) is 9.59 Å². The molecular formula is C30H31N7O2. The second kappa shape index (κ2) is 10.9. The molecule has 0 spiro atoms. The fourth-order valence-electron chi connectivity index (χ4n) is 5.16. The van der Waals surface area contributed by atoms with Crippen molar-refractivity contribution in [1.82, 2.24) is 25.5 Å². The van der Waals surface area contributed by atoms with Gasteiger partial charge in [-0.3, -0.25) is 14.5 Å². The van der Waals surface area contributed by atoms with E-state index < -0.39 is 5.91 Å². The molecule has 0 aliphatic carbocycles. The van der Waals surface area contributed by atoms with E-state index in [1.54, 1.807) is 18.2 Å². The summed E-state index contributed by atoms with van der Waals surface area (Å²) in [6.07, 6.45) is 2.05. The van der Waals surface area contributed by atoms with E-state index in [0.29, 0.717) is 23.4 Å². The van der Waals surface area contributed by atoms with Gasteiger partial charge in [-0.05, 0) is 59.5 Å². The summed E-state index contributed by atoms with van der Waals surface area (Å²) in [5, 5.41) is 14.5. The average molecular weight is 522 g/mol. The SMILES string of the molecule is CCCC1N(C)C(C)=C(Cc2cccc(C(N)=O)c2)C(=O)N1c1ccc(-c2ccccc2-c2nn[nH]n2)cc1. The summed E-state index contributed by atoms with van der Waals surface area (Å²) in [6.45, 7) is 4.11. The van der Waals surface area contributed by atoms with E-state index in [1.165, 1.54) is 0 Å². The van der Waals surface area contributed by atoms with Gasteiger partial charge in [-0.25, -0.2) is 0 Å². The van der Waals surface area contributed by atoms with E-state index in [-0.39, 0.29) is 12.1 Å². The predicted molar refractivity (Wildman–Crippen MR) is 150 cm³/mol. The highest BCUT2D eigenvalue weighted by molar-refractivity contribution is 6.07. The highest BCUT2D eigenvalue weighted by Crippen LogP contribution is 2.35. The molecule has 1 atom stereocenters. The molecule has 0 radical (unpaired) electrons. The number of nitrogens with two attached hydrogens (primary N) is 1. The molecule has 1 aliphatic rings. The van der Waals surface area contributed by atoms with Gasteiger partial charge in [0.25, 0.3) is 5.91 Å². The highest BCUT2D eigenvalue weighted by Gasteiger charge is 2.36. The van der Waals surface area contributed by atoms with Crippen LogP contribution in [0.2, 0.25) is 0 Å². The van der Waals surface area contributed by atoms with Gasteiger partial charge in [0, 0.05) is 41.6 Å². The third-order valence-corrected chi connectivity index (χ3v) is 7.30. The molecule has 1 aromatic heterocycles. The third-order valence-electron chi connectivity index (χ3n) is 7.30. The molecule has 9 nitrogen and oxygen atoms in total. The Kier molecular flexibility index (Phi) is 7.23. The molecule has 3 aromatic carbocycles. The summed E-state index contributed by atoms with van der Waals surface area (Å²) in [7, 11) is 2.03. The topological polar surface area (TPSA) is 121 Å². The molecule has 198 valence electrons. The Morgan fingerprint density at radius 1 is 1.03 bits per heavy atom. The van der Waals surface area contributed by atoms with Crippen molar-refractivity contribution in [2.45, 2.75) is 39.3 Å². The predicted octanol–water partition coefficient (Wildman–Crippen LogP) is 4.55. The van der Waals surface area contributed by atoms with Crippen molar-refractivity contribution in [2.24, 2.45) is 5.73 Å². The molecule has 5 rings (SSSR count). The number of tetrazole rings is 1. The Labute approximate surface area is 227 Å². The molecule has 0 saturated heterocycles. The van der Waals surface area contributed by atoms with Crippen molar-refractivity contribution >= 4 is 17.5 Å². The maximum atomic E-state index is 14.1. The molecule has 1 unspecified atom stereocenters. The zero-order valence-electron chi connectivity index (χ0n) is 22.3. The first-order chi connectivity index (χ1) is 18.9. The number of benzene rings is 3. The van der Waals surface area contributed by atoms with Crippen molar-refractivity contribution in [2.75, 3.05) is 11.9 Å². The zero-order chi connectivity index (χ0) is 27.5. The second-order valence-electron chi connectivity index (χ2n) is 9.69. The summed E-state index contributed by atoms with van der Waals surface area (Å²) >= 11 is 0. The lowest BCUT2D eigenvalue weighted by Gasteiger charge is -2.44. The number of aromatic amines is 1. The Morgan fingerprint density at radius 3 is 2.44 bits per heavy atom. The van der Waals surface area contributed by atoms with Crippen LogP contribution in [-0.2, 0) is 11.2 Å². The minimum Gasteiger partial charge on any atom is -0.366 e. The third kappa shape index (κ3) is 5.03. The summed E-state index contributed by atoms with van der Waals surface area (Å²) < 4.78 is 0. The van der Waals surface area contributed by atoms with Crippen molar-refractivity contribution < 1.29 is 9.59 Å². The first kappa shape index (κ1) is 25.8. The molecule has 0 fully saturated rings. The van der Waals surface area contributed by atoms with Gasteiger partial charge in [-0.15, -0.1) is 10.2 Å². The Morgan fingerprint density at radius 2 is 1.77 bits per heavy atom. The molecule has 1 aliphatic heterocycles. The summed E-state index contributed by atoms with van der Waals surface area (Å²) in [5.41, 5.74) is 12.1. The maximum absolute atomic E-state index is 14.1. The van der Waals surface area contributed by atoms with Crippen molar-refractivity contribution in [3.8, 4) is 22.5 Å². The number of carbonyl (C=O) groups excluding carboxylic acids is 2. The lowest BCUT2D eigenvalue weighted by molar-refractivity contribution is -0.117. The number of hydrogen-bond donors (Lipinski definition) is 2. The van der Waals surface area contributed by atoms with Gasteiger partial charge in [-0.1, -0.05) is 61.9 Å². The largest absolute Gasteiger partial charge is 0.366 e. The average Bonchev–Trinajstić information content (AvgIpc) is 3.50. The quantitative estimate of drug-likeness (QED) is 0.351. The number of primary amides is 1. The van der Waals surface area contributed by atoms with Crippen molar-refractivity contribution in [1.29, 1.82) is 0 Å². The Bertz CT molecular complexity index is 1530. The maximum Gasteiger partial charge on any atom is 0.257 e. The van der Waals surface area contributed by atoms with Gasteiger partial charge < -0.3 is 10.6 Å². The molecule has 4 aromatic rings. The number of allylic oxidation sites excluding steroid dienone is 1. The van der Waals surface area contributed by atoms with E-state index in [1.807, 2.05) is 73.5 Å². The van der Waals surface area contributed by atoms with Crippen LogP contribution in [0.15, 0.2) is 84.1 Å². The van der Waals surface area contributed by atoms with Crippen LogP contribution in [-0.4, -0.2) is 50.6 Å². The summed E-state index contributed by atoms with van der Waals surface area (Å²) in [5.74, 6) is 0.00456. The van der Waals surface area contributed by atoms with Crippen molar-refractivity contribution in [3.63, 3.8) is 0 Å². The van der Waals surface area contributed by atoms with Gasteiger partial charge in [0.1, 0.15) is 6.17 Å². The number of amides is 2. The summed E-state index contributed by atoms with van der Waals surface area (Å²) in [6, 6.07) is 23.1. The number of rotatable bonds is 8. The van der Waals surface area contributed by atoms with Crippen LogP contribution in [0.25, 0.3) is 22.5 Å². The standard InChI is InChI=1S/C30H31N7O2/c1-4-8-27-36(3)19(2)26(18-20-9-7-10-22(17-20)28(31)38)30(39)37(27)23-15-13-21(14-16-23)24-11-5-6-12-25(24)29-32-34-35-33-29/h5-7,9-17,27H,4,8,18H2,1-3H3,(H2,31,38)(H,32,33,34,35). The number of carbonyl (C=O) groups is 2. The number of nitrogens with one attached hydrogen (secondary N) is 1. The molecule has 3 N–H and O–H groups in total. The molecule has 9 heteroatoms. The van der Waals surface area contributed by atoms with Crippen LogP contribution in [0, 0.1) is 0 Å². The van der Waals surface area contributed by atoms with E-state index in [4.69, 9.17) is 5.73 Å². The van der Waals surface area contributed by atoms with Crippen LogP contribution < -0.4 is 10.6 Å². The molecule has 2 heterocycles. The van der Waals surface area contributed by atoms with Crippen LogP contribution in [0.3, 0.4) is 0 Å². The first-order valence-corrected chi connectivity index (χ1v) is 13.0. The number of H-pyrrole nitrogens is 1. The smallest absolute Gasteiger partial charge is 0.257 e. The van der Waals surface area contributed by atoms with Crippen LogP contribution >= 0.6 is 0 Å². The Hall–Kier alpha value is -4.79. The monoisotopic (exact) mass is 521 g/mol. The molecule has 2 amide bonds. The lowest BCUT2D eigenvalue weighted by atomic mass is 9.95. The van der Waals surface area contributed by atoms with Crippen LogP contribution in [0.4, 0.5) is 5.69 Å². The van der Waals surface area contributed by atoms with Crippen molar-refractivity contribution in [3.05, 3.63) is 95.2 Å². The van der Waals surface area contributed by atoms with E-state index in [2.05, 4.69) is 32.4 Å². The normalized spacial score (nSPS) is 15.7. The van der Waals surface area contributed by atoms with E-state index >= 15 is 0 Å². The fraction of sp³-hybridized carbons (Fsp3) is 0.233. The molecule has 0 bridgehead atoms. The van der Waals surface area contributed by atoms with Crippen LogP contribution in [0.5, 0.6) is 0 Å². The molecule has 0 saturated carbocycles. The molecular weight excluding hydrogens is 490 g/mol. The summed E-state index contributed by atoms with van der Waals surface area (Å²) in [4.78, 5) is 29.9.